The van der Waals surface area contributed by atoms with Crippen LogP contribution in [0.1, 0.15) is 125 Å². The van der Waals surface area contributed by atoms with E-state index in [0.717, 1.165) is 65.6 Å². The van der Waals surface area contributed by atoms with Crippen molar-refractivity contribution in [2.75, 3.05) is 5.32 Å². The molecule has 1 heterocycles. The maximum Gasteiger partial charge on any atom is 0.303 e. The van der Waals surface area contributed by atoms with E-state index in [-0.39, 0.29) is 11.6 Å². The van der Waals surface area contributed by atoms with Crippen LogP contribution in [0, 0.1) is 70.9 Å². The number of carboxylic acids is 1. The largest absolute Gasteiger partial charge is 0.481 e. The van der Waals surface area contributed by atoms with Gasteiger partial charge < -0.3 is 10.4 Å². The minimum Gasteiger partial charge on any atom is -0.481 e. The maximum atomic E-state index is 15.4. The Morgan fingerprint density at radius 3 is 2.56 bits per heavy atom. The second-order valence-electron chi connectivity index (χ2n) is 16.7. The highest BCUT2D eigenvalue weighted by molar-refractivity contribution is 6.08. The summed E-state index contributed by atoms with van der Waals surface area (Å²) in [6, 6.07) is 13.1. The van der Waals surface area contributed by atoms with Crippen molar-refractivity contribution in [2.45, 2.75) is 111 Å². The lowest BCUT2D eigenvalue weighted by atomic mass is 9.44. The molecule has 1 aromatic heterocycles. The molecule has 2 N–H and O–H groups in total. The molecular weight excluding hydrogens is 623 g/mol. The number of rotatable bonds is 8. The van der Waals surface area contributed by atoms with E-state index < -0.39 is 5.97 Å². The van der Waals surface area contributed by atoms with Crippen molar-refractivity contribution in [3.8, 4) is 11.8 Å². The number of carbonyl (C=O) groups is 2. The quantitative estimate of drug-likeness (QED) is 0.183. The molecule has 4 fully saturated rings. The van der Waals surface area contributed by atoms with Gasteiger partial charge in [-0.2, -0.15) is 0 Å². The first kappa shape index (κ1) is 34.7. The summed E-state index contributed by atoms with van der Waals surface area (Å²) >= 11 is 0. The average molecular weight is 677 g/mol. The zero-order valence-electron chi connectivity index (χ0n) is 30.3. The van der Waals surface area contributed by atoms with E-state index in [4.69, 9.17) is 0 Å². The second-order valence-corrected chi connectivity index (χ2v) is 16.7. The van der Waals surface area contributed by atoms with Crippen LogP contribution in [0.25, 0.3) is 10.9 Å². The smallest absolute Gasteiger partial charge is 0.303 e. The first-order valence-corrected chi connectivity index (χ1v) is 19.1. The number of Topliss-reactive ketones (excluding diaryl/α,β-unsaturated/α-hetero) is 1. The van der Waals surface area contributed by atoms with Crippen LogP contribution in [0.3, 0.4) is 0 Å². The van der Waals surface area contributed by atoms with Gasteiger partial charge in [-0.25, -0.2) is 4.39 Å². The number of fused-ring (bicyclic) bond motifs is 6. The molecule has 50 heavy (non-hydrogen) atoms. The van der Waals surface area contributed by atoms with Crippen molar-refractivity contribution >= 4 is 28.3 Å². The first-order chi connectivity index (χ1) is 24.0. The van der Waals surface area contributed by atoms with Gasteiger partial charge in [0.15, 0.2) is 5.78 Å². The fourth-order valence-corrected chi connectivity index (χ4v) is 11.6. The van der Waals surface area contributed by atoms with Gasteiger partial charge in [0.2, 0.25) is 0 Å². The number of hydrogen-bond donors (Lipinski definition) is 2. The van der Waals surface area contributed by atoms with Gasteiger partial charge in [-0.1, -0.05) is 50.0 Å². The Morgan fingerprint density at radius 1 is 1.00 bits per heavy atom. The van der Waals surface area contributed by atoms with Crippen molar-refractivity contribution in [1.82, 2.24) is 4.98 Å². The number of anilines is 1. The molecule has 8 atom stereocenters. The number of aliphatic carboxylic acids is 1. The molecule has 0 radical (unpaired) electrons. The lowest BCUT2D eigenvalue weighted by Gasteiger charge is -2.61. The third-order valence-corrected chi connectivity index (χ3v) is 14.1. The normalized spacial score (nSPS) is 31.5. The summed E-state index contributed by atoms with van der Waals surface area (Å²) in [6.07, 6.45) is 13.4. The topological polar surface area (TPSA) is 79.3 Å². The zero-order valence-corrected chi connectivity index (χ0v) is 30.3. The molecule has 3 aromatic rings. The van der Waals surface area contributed by atoms with Crippen LogP contribution in [0.5, 0.6) is 0 Å². The molecule has 0 amide bonds. The molecule has 2 aromatic carbocycles. The van der Waals surface area contributed by atoms with E-state index in [1.54, 1.807) is 19.1 Å². The van der Waals surface area contributed by atoms with Gasteiger partial charge in [0.05, 0.1) is 28.0 Å². The van der Waals surface area contributed by atoms with Crippen molar-refractivity contribution in [1.29, 1.82) is 0 Å². The Morgan fingerprint density at radius 2 is 1.78 bits per heavy atom. The SMILES string of the molecule is CC(=O)c1c(C)nc2ccccc2c1NCc1ccc(C#CC2CCC3(C)C(CCC4C5CCC(CCCC(=O)O)C5(C)CCC43)C2)c(F)c1. The van der Waals surface area contributed by atoms with E-state index in [2.05, 4.69) is 36.0 Å². The Labute approximate surface area is 297 Å². The fourth-order valence-electron chi connectivity index (χ4n) is 11.6. The number of para-hydroxylation sites is 1. The van der Waals surface area contributed by atoms with Crippen LogP contribution in [0.15, 0.2) is 42.5 Å². The molecule has 0 spiro atoms. The first-order valence-electron chi connectivity index (χ1n) is 19.1. The number of aromatic nitrogens is 1. The summed E-state index contributed by atoms with van der Waals surface area (Å²) in [5.74, 6) is 9.77. The number of nitrogens with zero attached hydrogens (tertiary/aromatic N) is 1. The molecule has 0 aliphatic heterocycles. The van der Waals surface area contributed by atoms with E-state index in [0.29, 0.717) is 58.4 Å². The van der Waals surface area contributed by atoms with Crippen LogP contribution >= 0.6 is 0 Å². The summed E-state index contributed by atoms with van der Waals surface area (Å²) in [6.45, 7) is 8.92. The number of nitrogens with one attached hydrogen (secondary N) is 1. The van der Waals surface area contributed by atoms with Gasteiger partial charge in [-0.05, 0) is 149 Å². The third kappa shape index (κ3) is 6.35. The Bertz CT molecular complexity index is 1860. The van der Waals surface area contributed by atoms with Crippen LogP contribution in [-0.2, 0) is 11.3 Å². The number of benzene rings is 2. The van der Waals surface area contributed by atoms with E-state index in [1.807, 2.05) is 37.3 Å². The van der Waals surface area contributed by atoms with Crippen molar-refractivity contribution in [3.05, 3.63) is 70.7 Å². The highest BCUT2D eigenvalue weighted by Crippen LogP contribution is 2.68. The third-order valence-electron chi connectivity index (χ3n) is 14.1. The van der Waals surface area contributed by atoms with Crippen molar-refractivity contribution < 1.29 is 19.1 Å². The molecule has 0 bridgehead atoms. The minimum absolute atomic E-state index is 0.0495. The molecule has 0 saturated heterocycles. The van der Waals surface area contributed by atoms with Gasteiger partial charge in [0.25, 0.3) is 0 Å². The number of carboxylic acid groups (broad SMARTS) is 1. The summed E-state index contributed by atoms with van der Waals surface area (Å²) in [5.41, 5.74) is 4.81. The average Bonchev–Trinajstić information content (AvgIpc) is 3.42. The molecule has 4 saturated carbocycles. The number of aryl methyl sites for hydroxylation is 1. The van der Waals surface area contributed by atoms with Gasteiger partial charge in [-0.15, -0.1) is 0 Å². The van der Waals surface area contributed by atoms with Crippen LogP contribution in [0.4, 0.5) is 10.1 Å². The molecule has 8 unspecified atom stereocenters. The Balaban J connectivity index is 0.989. The highest BCUT2D eigenvalue weighted by Gasteiger charge is 2.59. The number of pyridine rings is 1. The maximum absolute atomic E-state index is 15.4. The fraction of sp³-hybridized carbons (Fsp3) is 0.568. The summed E-state index contributed by atoms with van der Waals surface area (Å²) in [4.78, 5) is 28.3. The predicted molar refractivity (Wildman–Crippen MR) is 197 cm³/mol. The highest BCUT2D eigenvalue weighted by atomic mass is 19.1. The lowest BCUT2D eigenvalue weighted by Crippen LogP contribution is -2.53. The zero-order chi connectivity index (χ0) is 35.2. The van der Waals surface area contributed by atoms with Gasteiger partial charge in [0.1, 0.15) is 5.82 Å². The second kappa shape index (κ2) is 13.8. The molecule has 6 heteroatoms. The van der Waals surface area contributed by atoms with Gasteiger partial charge in [-0.3, -0.25) is 14.6 Å². The number of hydrogen-bond acceptors (Lipinski definition) is 4. The van der Waals surface area contributed by atoms with Crippen LogP contribution < -0.4 is 5.32 Å². The van der Waals surface area contributed by atoms with Crippen molar-refractivity contribution in [3.63, 3.8) is 0 Å². The van der Waals surface area contributed by atoms with Crippen LogP contribution in [-0.4, -0.2) is 21.8 Å². The van der Waals surface area contributed by atoms with E-state index >= 15 is 4.39 Å². The van der Waals surface area contributed by atoms with E-state index in [9.17, 15) is 14.7 Å². The summed E-state index contributed by atoms with van der Waals surface area (Å²) in [5, 5.41) is 13.5. The molecule has 5 nitrogen and oxygen atoms in total. The van der Waals surface area contributed by atoms with Gasteiger partial charge >= 0.3 is 5.97 Å². The minimum atomic E-state index is -0.664. The number of carbonyl (C=O) groups excluding carboxylic acids is 1. The van der Waals surface area contributed by atoms with Gasteiger partial charge in [0, 0.05) is 24.3 Å². The summed E-state index contributed by atoms with van der Waals surface area (Å²) in [7, 11) is 0. The number of halogens is 1. The molecule has 4 aliphatic carbocycles. The Kier molecular flexibility index (Phi) is 9.56. The number of ketones is 1. The van der Waals surface area contributed by atoms with Crippen LogP contribution in [0.2, 0.25) is 0 Å². The standard InChI is InChI=1S/C44H53FN2O3/c1-27-41(28(2)48)42(35-9-5-6-10-39(35)47-27)46-26-30-13-15-31(38(45)25-30)14-12-29-20-22-44(4)33(24-29)16-18-34-36-19-17-32(8-7-11-40(49)50)43(36,3)23-21-37(34)44/h5-6,9-10,13,15,25,29,32-34,36-37H,7-8,11,16-24,26H2,1-4H3,(H,46,47)(H,49,50). The molecule has 264 valence electrons. The predicted octanol–water partition coefficient (Wildman–Crippen LogP) is 10.4. The Hall–Kier alpha value is -3.72. The lowest BCUT2D eigenvalue weighted by molar-refractivity contribution is -0.137. The molecule has 7 rings (SSSR count). The van der Waals surface area contributed by atoms with E-state index in [1.165, 1.54) is 44.9 Å². The molecular formula is C44H53FN2O3. The summed E-state index contributed by atoms with van der Waals surface area (Å²) < 4.78 is 15.4. The van der Waals surface area contributed by atoms with Crippen molar-refractivity contribution in [2.24, 2.45) is 46.3 Å². The molecule has 4 aliphatic rings. The monoisotopic (exact) mass is 676 g/mol.